The van der Waals surface area contributed by atoms with Gasteiger partial charge in [0.25, 0.3) is 0 Å². The molecule has 0 aromatic rings. The molecule has 0 unspecified atom stereocenters. The summed E-state index contributed by atoms with van der Waals surface area (Å²) in [4.78, 5) is 0. The summed E-state index contributed by atoms with van der Waals surface area (Å²) >= 11 is 0. The summed E-state index contributed by atoms with van der Waals surface area (Å²) in [5.41, 5.74) is 0. The van der Waals surface area contributed by atoms with Crippen LogP contribution < -0.4 is 0 Å². The second-order valence-corrected chi connectivity index (χ2v) is 4.18. The van der Waals surface area contributed by atoms with Gasteiger partial charge in [0, 0.05) is 0 Å². The third-order valence-corrected chi connectivity index (χ3v) is 0. The van der Waals surface area contributed by atoms with E-state index in [2.05, 4.69) is 62.3 Å². The van der Waals surface area contributed by atoms with E-state index in [0.717, 1.165) is 0 Å². The summed E-state index contributed by atoms with van der Waals surface area (Å²) in [5, 5.41) is 0. The van der Waals surface area contributed by atoms with E-state index in [0.29, 0.717) is 17.8 Å². The monoisotopic (exact) mass is 239 g/mol. The van der Waals surface area contributed by atoms with Gasteiger partial charge in [-0.2, -0.15) is 17.8 Å². The third kappa shape index (κ3) is 4130. The van der Waals surface area contributed by atoms with Crippen molar-refractivity contribution in [2.45, 2.75) is 41.5 Å². The van der Waals surface area contributed by atoms with E-state index in [1.165, 1.54) is 0 Å². The molecule has 0 rings (SSSR count). The first-order valence-corrected chi connectivity index (χ1v) is 4.69. The maximum atomic E-state index is 3.64. The Morgan fingerprint density at radius 3 is 0.571 bits per heavy atom. The molecule has 0 aliphatic carbocycles. The van der Waals surface area contributed by atoms with Crippen LogP contribution in [0.3, 0.4) is 0 Å². The molecular formula is C12H28FTi. The zero-order valence-corrected chi connectivity index (χ0v) is 12.3. The second-order valence-electron chi connectivity index (χ2n) is 4.18. The van der Waals surface area contributed by atoms with Crippen molar-refractivity contribution in [2.24, 2.45) is 17.8 Å². The molecule has 0 aromatic heterocycles. The second kappa shape index (κ2) is 23.5. The molecule has 0 fully saturated rings. The Hall–Kier alpha value is 0.644. The first-order chi connectivity index (χ1) is 5.20. The fraction of sp³-hybridized carbons (Fsp3) is 0.750. The summed E-state index contributed by atoms with van der Waals surface area (Å²) in [6, 6.07) is 0. The van der Waals surface area contributed by atoms with Gasteiger partial charge in [0.05, 0.1) is 0 Å². The van der Waals surface area contributed by atoms with Crippen LogP contribution in [0.25, 0.3) is 0 Å². The minimum atomic E-state index is 0. The number of hydrogen-bond acceptors (Lipinski definition) is 0. The zero-order chi connectivity index (χ0) is 10.7. The number of hydrogen-bond donors (Lipinski definition) is 0. The Kier molecular flexibility index (Phi) is 49.1. The molecule has 0 heterocycles. The van der Waals surface area contributed by atoms with Gasteiger partial charge in [-0.05, 0) is 0 Å². The van der Waals surface area contributed by atoms with Crippen molar-refractivity contribution in [3.05, 3.63) is 20.8 Å². The van der Waals surface area contributed by atoms with Gasteiger partial charge in [-0.15, -0.1) is 0 Å². The van der Waals surface area contributed by atoms with Gasteiger partial charge in [-0.3, -0.25) is 4.70 Å². The molecule has 87 valence electrons. The van der Waals surface area contributed by atoms with Gasteiger partial charge in [0.15, 0.2) is 0 Å². The van der Waals surface area contributed by atoms with Gasteiger partial charge in [-0.25, -0.2) is 0 Å². The van der Waals surface area contributed by atoms with E-state index in [1.807, 2.05) is 0 Å². The van der Waals surface area contributed by atoms with Crippen molar-refractivity contribution in [2.75, 3.05) is 0 Å². The van der Waals surface area contributed by atoms with Crippen LogP contribution in [0.2, 0.25) is 0 Å². The first-order valence-electron chi connectivity index (χ1n) is 4.69. The molecule has 0 amide bonds. The molecule has 1 radical (unpaired) electrons. The van der Waals surface area contributed by atoms with Gasteiger partial charge in [0.1, 0.15) is 0 Å². The van der Waals surface area contributed by atoms with Gasteiger partial charge < -0.3 is 20.8 Å². The SMILES string of the molecule is F.[CH2-]C(C)C.[CH2-]C(C)C.[CH2-]C(C)C.[Ti+3]. The Labute approximate surface area is 107 Å². The van der Waals surface area contributed by atoms with Gasteiger partial charge >= 0.3 is 21.7 Å². The van der Waals surface area contributed by atoms with E-state index >= 15 is 0 Å². The number of halogens is 1. The molecule has 0 aliphatic rings. The first kappa shape index (κ1) is 29.3. The maximum Gasteiger partial charge on any atom is 3.00 e. The fourth-order valence-electron chi connectivity index (χ4n) is 0. The summed E-state index contributed by atoms with van der Waals surface area (Å²) < 4.78 is 0. The van der Waals surface area contributed by atoms with Crippen LogP contribution in [0.4, 0.5) is 4.70 Å². The van der Waals surface area contributed by atoms with Crippen molar-refractivity contribution in [1.82, 2.24) is 0 Å². The molecule has 2 heteroatoms. The molecule has 0 saturated carbocycles. The largest absolute Gasteiger partial charge is 3.00 e. The topological polar surface area (TPSA) is 0 Å². The molecule has 0 aromatic carbocycles. The summed E-state index contributed by atoms with van der Waals surface area (Å²) in [5.74, 6) is 1.75. The molecule has 0 aliphatic heterocycles. The summed E-state index contributed by atoms with van der Waals surface area (Å²) in [6.07, 6.45) is 0. The molecular weight excluding hydrogens is 211 g/mol. The quantitative estimate of drug-likeness (QED) is 0.428. The minimum absolute atomic E-state index is 0. The summed E-state index contributed by atoms with van der Waals surface area (Å²) in [6.45, 7) is 23.2. The van der Waals surface area contributed by atoms with E-state index in [-0.39, 0.29) is 26.4 Å². The Bertz CT molecular complexity index is 38.8. The van der Waals surface area contributed by atoms with Gasteiger partial charge in [0.2, 0.25) is 0 Å². The molecule has 0 bridgehead atoms. The van der Waals surface area contributed by atoms with Crippen LogP contribution in [0.15, 0.2) is 0 Å². The van der Waals surface area contributed by atoms with Crippen LogP contribution in [-0.2, 0) is 21.7 Å². The van der Waals surface area contributed by atoms with Crippen molar-refractivity contribution in [3.8, 4) is 0 Å². The van der Waals surface area contributed by atoms with E-state index < -0.39 is 0 Å². The van der Waals surface area contributed by atoms with Crippen LogP contribution in [-0.4, -0.2) is 0 Å². The molecule has 0 N–H and O–H groups in total. The molecule has 0 atom stereocenters. The van der Waals surface area contributed by atoms with Crippen LogP contribution in [0, 0.1) is 38.5 Å². The predicted octanol–water partition coefficient (Wildman–Crippen LogP) is 4.58. The van der Waals surface area contributed by atoms with Crippen LogP contribution >= 0.6 is 0 Å². The summed E-state index contributed by atoms with van der Waals surface area (Å²) in [7, 11) is 0. The normalized spacial score (nSPS) is 7.71. The average molecular weight is 239 g/mol. The van der Waals surface area contributed by atoms with E-state index in [1.54, 1.807) is 0 Å². The van der Waals surface area contributed by atoms with Gasteiger partial charge in [-0.1, -0.05) is 41.5 Å². The van der Waals surface area contributed by atoms with Crippen molar-refractivity contribution >= 4 is 0 Å². The Balaban J connectivity index is -0.0000000270. The van der Waals surface area contributed by atoms with Crippen LogP contribution in [0.5, 0.6) is 0 Å². The Morgan fingerprint density at radius 1 is 0.571 bits per heavy atom. The van der Waals surface area contributed by atoms with Crippen molar-refractivity contribution < 1.29 is 26.4 Å². The molecule has 0 spiro atoms. The Morgan fingerprint density at radius 2 is 0.571 bits per heavy atom. The average Bonchev–Trinajstić information content (AvgIpc) is 1.54. The standard InChI is InChI=1S/3C4H9.FH.Ti/c3*1-4(2)3;;/h3*4H,1H2,2-3H3;1H;/q3*-1;;+3. The minimum Gasteiger partial charge on any atom is -0.341 e. The van der Waals surface area contributed by atoms with Crippen LogP contribution in [0.1, 0.15) is 41.5 Å². The molecule has 14 heavy (non-hydrogen) atoms. The smallest absolute Gasteiger partial charge is 0.341 e. The zero-order valence-electron chi connectivity index (χ0n) is 10.8. The number of rotatable bonds is 0. The van der Waals surface area contributed by atoms with E-state index in [9.17, 15) is 0 Å². The maximum absolute atomic E-state index is 3.64. The van der Waals surface area contributed by atoms with Crippen molar-refractivity contribution in [1.29, 1.82) is 0 Å². The van der Waals surface area contributed by atoms with Crippen molar-refractivity contribution in [3.63, 3.8) is 0 Å². The predicted molar refractivity (Wildman–Crippen MR) is 63.1 cm³/mol. The molecule has 0 saturated heterocycles. The fourth-order valence-corrected chi connectivity index (χ4v) is 0. The van der Waals surface area contributed by atoms with E-state index in [4.69, 9.17) is 0 Å². The molecule has 0 nitrogen and oxygen atoms in total. The third-order valence-electron chi connectivity index (χ3n) is 0.